The van der Waals surface area contributed by atoms with Crippen molar-refractivity contribution in [3.8, 4) is 0 Å². The molecule has 26 heavy (non-hydrogen) atoms. The quantitative estimate of drug-likeness (QED) is 0.731. The summed E-state index contributed by atoms with van der Waals surface area (Å²) in [6.45, 7) is 1.85. The van der Waals surface area contributed by atoms with Gasteiger partial charge in [0.15, 0.2) is 0 Å². The molecule has 0 aliphatic carbocycles. The monoisotopic (exact) mass is 366 g/mol. The molecule has 0 heterocycles. The van der Waals surface area contributed by atoms with Crippen molar-refractivity contribution in [1.29, 1.82) is 0 Å². The number of nitrogens with one attached hydrogen (secondary N) is 2. The number of amides is 2. The highest BCUT2D eigenvalue weighted by atomic mass is 19.4. The number of halogens is 3. The maximum atomic E-state index is 12.5. The van der Waals surface area contributed by atoms with Gasteiger partial charge in [-0.25, -0.2) is 4.79 Å². The molecule has 2 atom stereocenters. The number of alkyl halides is 3. The Hall–Kier alpha value is -2.54. The Kier molecular flexibility index (Phi) is 6.63. The van der Waals surface area contributed by atoms with Crippen molar-refractivity contribution in [2.45, 2.75) is 31.7 Å². The Morgan fingerprint density at radius 2 is 1.69 bits per heavy atom. The molecular formula is C19H21F3N2O2. The zero-order valence-corrected chi connectivity index (χ0v) is 14.3. The summed E-state index contributed by atoms with van der Waals surface area (Å²) >= 11 is 0. The Morgan fingerprint density at radius 3 is 2.23 bits per heavy atom. The molecular weight excluding hydrogens is 345 g/mol. The van der Waals surface area contributed by atoms with Gasteiger partial charge in [-0.3, -0.25) is 0 Å². The van der Waals surface area contributed by atoms with E-state index in [9.17, 15) is 23.1 Å². The molecule has 2 aromatic carbocycles. The van der Waals surface area contributed by atoms with E-state index < -0.39 is 29.9 Å². The molecule has 0 saturated heterocycles. The van der Waals surface area contributed by atoms with Crippen LogP contribution in [-0.2, 0) is 12.6 Å². The van der Waals surface area contributed by atoms with Gasteiger partial charge in [0.2, 0.25) is 0 Å². The maximum absolute atomic E-state index is 12.5. The van der Waals surface area contributed by atoms with E-state index in [1.807, 2.05) is 18.2 Å². The van der Waals surface area contributed by atoms with E-state index in [0.717, 1.165) is 17.7 Å². The molecule has 140 valence electrons. The first-order valence-corrected chi connectivity index (χ1v) is 8.21. The van der Waals surface area contributed by atoms with Crippen molar-refractivity contribution in [3.63, 3.8) is 0 Å². The normalized spacial score (nSPS) is 13.7. The first-order chi connectivity index (χ1) is 12.3. The van der Waals surface area contributed by atoms with Crippen molar-refractivity contribution in [2.24, 2.45) is 0 Å². The molecule has 0 aliphatic heterocycles. The van der Waals surface area contributed by atoms with E-state index in [2.05, 4.69) is 10.6 Å². The third kappa shape index (κ3) is 5.77. The van der Waals surface area contributed by atoms with Crippen LogP contribution in [0, 0.1) is 0 Å². The fourth-order valence-corrected chi connectivity index (χ4v) is 2.52. The number of carbonyl (C=O) groups is 1. The standard InChI is InChI=1S/C19H21F3N2O2/c1-13(25)17(15-5-3-2-4-6-15)24-18(26)23-12-11-14-7-9-16(10-8-14)19(20,21)22/h2-10,13,17,25H,11-12H2,1H3,(H2,23,24,26). The van der Waals surface area contributed by atoms with Crippen LogP contribution >= 0.6 is 0 Å². The number of benzene rings is 2. The van der Waals surface area contributed by atoms with Gasteiger partial charge in [-0.05, 0) is 36.6 Å². The third-order valence-corrected chi connectivity index (χ3v) is 3.91. The summed E-state index contributed by atoms with van der Waals surface area (Å²) in [6.07, 6.45) is -4.74. The molecule has 4 nitrogen and oxygen atoms in total. The average molecular weight is 366 g/mol. The summed E-state index contributed by atoms with van der Waals surface area (Å²) in [4.78, 5) is 12.0. The number of rotatable bonds is 6. The minimum Gasteiger partial charge on any atom is -0.391 e. The molecule has 0 aliphatic rings. The van der Waals surface area contributed by atoms with Crippen molar-refractivity contribution < 1.29 is 23.1 Å². The minimum atomic E-state index is -4.36. The summed E-state index contributed by atoms with van der Waals surface area (Å²) in [5.41, 5.74) is 0.767. The molecule has 7 heteroatoms. The molecule has 3 N–H and O–H groups in total. The Labute approximate surface area is 150 Å². The number of hydrogen-bond acceptors (Lipinski definition) is 2. The minimum absolute atomic E-state index is 0.262. The lowest BCUT2D eigenvalue weighted by Gasteiger charge is -2.22. The van der Waals surface area contributed by atoms with Gasteiger partial charge in [-0.15, -0.1) is 0 Å². The van der Waals surface area contributed by atoms with E-state index in [-0.39, 0.29) is 6.54 Å². The molecule has 0 spiro atoms. The van der Waals surface area contributed by atoms with Crippen LogP contribution in [0.4, 0.5) is 18.0 Å². The zero-order chi connectivity index (χ0) is 19.2. The van der Waals surface area contributed by atoms with Crippen molar-refractivity contribution in [3.05, 3.63) is 71.3 Å². The molecule has 0 aromatic heterocycles. The molecule has 2 amide bonds. The summed E-state index contributed by atoms with van der Waals surface area (Å²) in [7, 11) is 0. The molecule has 0 bridgehead atoms. The molecule has 0 fully saturated rings. The highest BCUT2D eigenvalue weighted by molar-refractivity contribution is 5.74. The lowest BCUT2D eigenvalue weighted by molar-refractivity contribution is -0.137. The van der Waals surface area contributed by atoms with E-state index in [1.165, 1.54) is 12.1 Å². The second-order valence-corrected chi connectivity index (χ2v) is 5.97. The van der Waals surface area contributed by atoms with Gasteiger partial charge in [0.1, 0.15) is 0 Å². The first kappa shape index (κ1) is 19.8. The van der Waals surface area contributed by atoms with Crippen LogP contribution in [-0.4, -0.2) is 23.8 Å². The summed E-state index contributed by atoms with van der Waals surface area (Å²) in [6, 6.07) is 12.9. The van der Waals surface area contributed by atoms with Crippen LogP contribution in [0.3, 0.4) is 0 Å². The number of aliphatic hydroxyl groups is 1. The third-order valence-electron chi connectivity index (χ3n) is 3.91. The highest BCUT2D eigenvalue weighted by Crippen LogP contribution is 2.29. The number of hydrogen-bond donors (Lipinski definition) is 3. The lowest BCUT2D eigenvalue weighted by Crippen LogP contribution is -2.42. The van der Waals surface area contributed by atoms with Gasteiger partial charge < -0.3 is 15.7 Å². The van der Waals surface area contributed by atoms with Crippen molar-refractivity contribution in [2.75, 3.05) is 6.54 Å². The fourth-order valence-electron chi connectivity index (χ4n) is 2.52. The molecule has 0 radical (unpaired) electrons. The molecule has 2 unspecified atom stereocenters. The Balaban J connectivity index is 1.84. The van der Waals surface area contributed by atoms with Gasteiger partial charge >= 0.3 is 12.2 Å². The van der Waals surface area contributed by atoms with Crippen LogP contribution in [0.25, 0.3) is 0 Å². The summed E-state index contributed by atoms with van der Waals surface area (Å²) < 4.78 is 37.6. The van der Waals surface area contributed by atoms with E-state index in [0.29, 0.717) is 12.0 Å². The van der Waals surface area contributed by atoms with Gasteiger partial charge in [0.25, 0.3) is 0 Å². The first-order valence-electron chi connectivity index (χ1n) is 8.21. The van der Waals surface area contributed by atoms with E-state index >= 15 is 0 Å². The summed E-state index contributed by atoms with van der Waals surface area (Å²) in [5, 5.41) is 15.2. The van der Waals surface area contributed by atoms with Crippen LogP contribution in [0.2, 0.25) is 0 Å². The van der Waals surface area contributed by atoms with E-state index in [1.54, 1.807) is 19.1 Å². The molecule has 0 saturated carbocycles. The van der Waals surface area contributed by atoms with Crippen LogP contribution < -0.4 is 10.6 Å². The fraction of sp³-hybridized carbons (Fsp3) is 0.316. The van der Waals surface area contributed by atoms with Crippen molar-refractivity contribution in [1.82, 2.24) is 10.6 Å². The lowest BCUT2D eigenvalue weighted by atomic mass is 10.0. The Bertz CT molecular complexity index is 701. The van der Waals surface area contributed by atoms with Crippen molar-refractivity contribution >= 4 is 6.03 Å². The van der Waals surface area contributed by atoms with Crippen LogP contribution in [0.15, 0.2) is 54.6 Å². The SMILES string of the molecule is CC(O)C(NC(=O)NCCc1ccc(C(F)(F)F)cc1)c1ccccc1. The molecule has 2 aromatic rings. The maximum Gasteiger partial charge on any atom is 0.416 e. The van der Waals surface area contributed by atoms with Gasteiger partial charge in [0.05, 0.1) is 17.7 Å². The van der Waals surface area contributed by atoms with Crippen LogP contribution in [0.1, 0.15) is 29.7 Å². The number of aliphatic hydroxyl groups excluding tert-OH is 1. The predicted molar refractivity (Wildman–Crippen MR) is 92.5 cm³/mol. The summed E-state index contributed by atoms with van der Waals surface area (Å²) in [5.74, 6) is 0. The largest absolute Gasteiger partial charge is 0.416 e. The topological polar surface area (TPSA) is 61.4 Å². The zero-order valence-electron chi connectivity index (χ0n) is 14.3. The highest BCUT2D eigenvalue weighted by Gasteiger charge is 2.29. The number of urea groups is 1. The second kappa shape index (κ2) is 8.71. The van der Waals surface area contributed by atoms with Crippen LogP contribution in [0.5, 0.6) is 0 Å². The number of carbonyl (C=O) groups excluding carboxylic acids is 1. The predicted octanol–water partition coefficient (Wildman–Crippen LogP) is 3.67. The average Bonchev–Trinajstić information content (AvgIpc) is 2.60. The van der Waals surface area contributed by atoms with Gasteiger partial charge in [-0.1, -0.05) is 42.5 Å². The second-order valence-electron chi connectivity index (χ2n) is 5.97. The Morgan fingerprint density at radius 1 is 1.08 bits per heavy atom. The van der Waals surface area contributed by atoms with Gasteiger partial charge in [0, 0.05) is 6.54 Å². The smallest absolute Gasteiger partial charge is 0.391 e. The molecule has 2 rings (SSSR count). The van der Waals surface area contributed by atoms with Gasteiger partial charge in [-0.2, -0.15) is 13.2 Å². The van der Waals surface area contributed by atoms with E-state index in [4.69, 9.17) is 0 Å².